The van der Waals surface area contributed by atoms with Crippen molar-refractivity contribution in [3.63, 3.8) is 0 Å². The fourth-order valence-electron chi connectivity index (χ4n) is 2.26. The van der Waals surface area contributed by atoms with Gasteiger partial charge in [0.25, 0.3) is 0 Å². The molecule has 3 heteroatoms. The third-order valence-corrected chi connectivity index (χ3v) is 3.16. The minimum Gasteiger partial charge on any atom is -0.457 e. The number of carbonyl (C=O) groups excluding carboxylic acids is 1. The number of nitrogens with one attached hydrogen (secondary N) is 1. The molecule has 1 N–H and O–H groups in total. The number of Topliss-reactive ketones (excluding diaryl/α,β-unsaturated/α-hetero) is 1. The van der Waals surface area contributed by atoms with Crippen LogP contribution in [0.4, 0.5) is 0 Å². The second-order valence-electron chi connectivity index (χ2n) is 4.82. The summed E-state index contributed by atoms with van der Waals surface area (Å²) in [4.78, 5) is 14.5. The summed E-state index contributed by atoms with van der Waals surface area (Å²) < 4.78 is 5.82. The van der Waals surface area contributed by atoms with Gasteiger partial charge in [0.15, 0.2) is 0 Å². The molecule has 0 aliphatic rings. The molecule has 0 fully saturated rings. The van der Waals surface area contributed by atoms with Gasteiger partial charge in [-0.1, -0.05) is 18.2 Å². The van der Waals surface area contributed by atoms with E-state index < -0.39 is 0 Å². The highest BCUT2D eigenvalue weighted by molar-refractivity contribution is 5.89. The molecule has 0 amide bonds. The number of ether oxygens (including phenoxy) is 1. The van der Waals surface area contributed by atoms with Crippen LogP contribution in [0, 0.1) is 0 Å². The molecular weight excluding hydrogens is 250 g/mol. The summed E-state index contributed by atoms with van der Waals surface area (Å²) in [7, 11) is 0. The van der Waals surface area contributed by atoms with Crippen molar-refractivity contribution >= 4 is 16.7 Å². The number of hydrogen-bond acceptors (Lipinski definition) is 2. The quantitative estimate of drug-likeness (QED) is 0.772. The van der Waals surface area contributed by atoms with E-state index in [-0.39, 0.29) is 5.78 Å². The van der Waals surface area contributed by atoms with E-state index >= 15 is 0 Å². The van der Waals surface area contributed by atoms with Gasteiger partial charge in [-0.25, -0.2) is 0 Å². The SMILES string of the molecule is CC(=O)Cc1c[nH]c2ccc(Oc3ccccc3)cc12. The fraction of sp³-hybridized carbons (Fsp3) is 0.118. The molecule has 0 saturated carbocycles. The Kier molecular flexibility index (Phi) is 3.25. The van der Waals surface area contributed by atoms with Crippen LogP contribution in [0.2, 0.25) is 0 Å². The zero-order valence-electron chi connectivity index (χ0n) is 11.2. The molecule has 1 aromatic heterocycles. The summed E-state index contributed by atoms with van der Waals surface area (Å²) in [5.74, 6) is 1.73. The van der Waals surface area contributed by atoms with Gasteiger partial charge in [-0.2, -0.15) is 0 Å². The van der Waals surface area contributed by atoms with E-state index in [9.17, 15) is 4.79 Å². The minimum absolute atomic E-state index is 0.153. The number of aromatic nitrogens is 1. The van der Waals surface area contributed by atoms with E-state index in [1.54, 1.807) is 6.92 Å². The third kappa shape index (κ3) is 2.57. The van der Waals surface area contributed by atoms with Gasteiger partial charge in [-0.3, -0.25) is 4.79 Å². The van der Waals surface area contributed by atoms with Crippen LogP contribution in [0.5, 0.6) is 11.5 Å². The number of carbonyl (C=O) groups is 1. The van der Waals surface area contributed by atoms with Crippen LogP contribution in [0.25, 0.3) is 10.9 Å². The molecule has 0 radical (unpaired) electrons. The topological polar surface area (TPSA) is 42.1 Å². The molecule has 2 aromatic carbocycles. The van der Waals surface area contributed by atoms with Gasteiger partial charge in [0.2, 0.25) is 0 Å². The maximum Gasteiger partial charge on any atom is 0.134 e. The largest absolute Gasteiger partial charge is 0.457 e. The number of aromatic amines is 1. The van der Waals surface area contributed by atoms with E-state index in [0.717, 1.165) is 28.0 Å². The van der Waals surface area contributed by atoms with Crippen molar-refractivity contribution in [2.24, 2.45) is 0 Å². The van der Waals surface area contributed by atoms with Crippen LogP contribution in [0.15, 0.2) is 54.7 Å². The first kappa shape index (κ1) is 12.5. The van der Waals surface area contributed by atoms with Gasteiger partial charge in [0.05, 0.1) is 0 Å². The monoisotopic (exact) mass is 265 g/mol. The number of fused-ring (bicyclic) bond motifs is 1. The van der Waals surface area contributed by atoms with E-state index in [4.69, 9.17) is 4.74 Å². The molecule has 0 bridgehead atoms. The lowest BCUT2D eigenvalue weighted by atomic mass is 10.1. The molecule has 1 heterocycles. The van der Waals surface area contributed by atoms with Gasteiger partial charge in [-0.15, -0.1) is 0 Å². The van der Waals surface area contributed by atoms with Gasteiger partial charge in [-0.05, 0) is 42.8 Å². The Hall–Kier alpha value is -2.55. The van der Waals surface area contributed by atoms with Crippen molar-refractivity contribution < 1.29 is 9.53 Å². The van der Waals surface area contributed by atoms with Crippen LogP contribution in [0.3, 0.4) is 0 Å². The zero-order chi connectivity index (χ0) is 13.9. The number of H-pyrrole nitrogens is 1. The molecule has 0 spiro atoms. The molecule has 20 heavy (non-hydrogen) atoms. The summed E-state index contributed by atoms with van der Waals surface area (Å²) in [5, 5.41) is 1.04. The van der Waals surface area contributed by atoms with Gasteiger partial charge >= 0.3 is 0 Å². The summed E-state index contributed by atoms with van der Waals surface area (Å²) in [5.41, 5.74) is 2.02. The van der Waals surface area contributed by atoms with E-state index in [0.29, 0.717) is 6.42 Å². The predicted octanol–water partition coefficient (Wildman–Crippen LogP) is 4.09. The van der Waals surface area contributed by atoms with Crippen molar-refractivity contribution in [2.75, 3.05) is 0 Å². The molecule has 0 aliphatic carbocycles. The Bertz CT molecular complexity index is 744. The Balaban J connectivity index is 1.95. The van der Waals surface area contributed by atoms with Crippen LogP contribution < -0.4 is 4.74 Å². The number of para-hydroxylation sites is 1. The highest BCUT2D eigenvalue weighted by atomic mass is 16.5. The van der Waals surface area contributed by atoms with Crippen LogP contribution in [-0.2, 0) is 11.2 Å². The number of rotatable bonds is 4. The van der Waals surface area contributed by atoms with Crippen LogP contribution in [0.1, 0.15) is 12.5 Å². The molecule has 0 aliphatic heterocycles. The first-order valence-corrected chi connectivity index (χ1v) is 6.55. The van der Waals surface area contributed by atoms with Crippen LogP contribution in [-0.4, -0.2) is 10.8 Å². The molecule has 3 nitrogen and oxygen atoms in total. The maximum absolute atomic E-state index is 11.3. The van der Waals surface area contributed by atoms with E-state index in [2.05, 4.69) is 4.98 Å². The van der Waals surface area contributed by atoms with Gasteiger partial charge in [0.1, 0.15) is 17.3 Å². The highest BCUT2D eigenvalue weighted by Gasteiger charge is 2.07. The average Bonchev–Trinajstić information content (AvgIpc) is 2.82. The smallest absolute Gasteiger partial charge is 0.134 e. The average molecular weight is 265 g/mol. The highest BCUT2D eigenvalue weighted by Crippen LogP contribution is 2.27. The molecule has 0 saturated heterocycles. The first-order valence-electron chi connectivity index (χ1n) is 6.55. The van der Waals surface area contributed by atoms with E-state index in [1.807, 2.05) is 54.7 Å². The first-order chi connectivity index (χ1) is 9.72. The summed E-state index contributed by atoms with van der Waals surface area (Å²) >= 11 is 0. The van der Waals surface area contributed by atoms with Crippen molar-refractivity contribution in [1.82, 2.24) is 4.98 Å². The van der Waals surface area contributed by atoms with Crippen LogP contribution >= 0.6 is 0 Å². The van der Waals surface area contributed by atoms with Crippen molar-refractivity contribution in [3.05, 3.63) is 60.3 Å². The van der Waals surface area contributed by atoms with E-state index in [1.165, 1.54) is 0 Å². The Morgan fingerprint density at radius 3 is 2.65 bits per heavy atom. The fourth-order valence-corrected chi connectivity index (χ4v) is 2.26. The molecule has 3 rings (SSSR count). The lowest BCUT2D eigenvalue weighted by Gasteiger charge is -2.06. The number of ketones is 1. The lowest BCUT2D eigenvalue weighted by Crippen LogP contribution is -1.94. The summed E-state index contributed by atoms with van der Waals surface area (Å²) in [6.07, 6.45) is 2.33. The van der Waals surface area contributed by atoms with Gasteiger partial charge in [0, 0.05) is 23.5 Å². The van der Waals surface area contributed by atoms with Crippen molar-refractivity contribution in [2.45, 2.75) is 13.3 Å². The summed E-state index contributed by atoms with van der Waals surface area (Å²) in [6, 6.07) is 15.5. The molecule has 0 unspecified atom stereocenters. The second kappa shape index (κ2) is 5.21. The zero-order valence-corrected chi connectivity index (χ0v) is 11.2. The molecule has 100 valence electrons. The van der Waals surface area contributed by atoms with Crippen molar-refractivity contribution in [1.29, 1.82) is 0 Å². The molecule has 0 atom stereocenters. The molecule has 3 aromatic rings. The standard InChI is InChI=1S/C17H15NO2/c1-12(19)9-13-11-18-17-8-7-15(10-16(13)17)20-14-5-3-2-4-6-14/h2-8,10-11,18H,9H2,1H3. The minimum atomic E-state index is 0.153. The Labute approximate surface area is 117 Å². The maximum atomic E-state index is 11.3. The van der Waals surface area contributed by atoms with Crippen molar-refractivity contribution in [3.8, 4) is 11.5 Å². The number of benzene rings is 2. The second-order valence-corrected chi connectivity index (χ2v) is 4.82. The normalized spacial score (nSPS) is 10.7. The third-order valence-electron chi connectivity index (χ3n) is 3.16. The summed E-state index contributed by atoms with van der Waals surface area (Å²) in [6.45, 7) is 1.60. The number of hydrogen-bond donors (Lipinski definition) is 1. The van der Waals surface area contributed by atoms with Gasteiger partial charge < -0.3 is 9.72 Å². The predicted molar refractivity (Wildman–Crippen MR) is 79.2 cm³/mol. The Morgan fingerprint density at radius 1 is 1.10 bits per heavy atom. The molecular formula is C17H15NO2. The Morgan fingerprint density at radius 2 is 1.90 bits per heavy atom. The lowest BCUT2D eigenvalue weighted by molar-refractivity contribution is -0.116.